The van der Waals surface area contributed by atoms with Gasteiger partial charge in [0.1, 0.15) is 0 Å². The minimum Gasteiger partial charge on any atom is -0.367 e. The fourth-order valence-electron chi connectivity index (χ4n) is 2.87. The lowest BCUT2D eigenvalue weighted by Crippen LogP contribution is -2.37. The van der Waals surface area contributed by atoms with Crippen molar-refractivity contribution in [3.8, 4) is 0 Å². The number of hydrogen-bond donors (Lipinski definition) is 1. The highest BCUT2D eigenvalue weighted by Gasteiger charge is 2.21. The molecule has 2 rings (SSSR count). The van der Waals surface area contributed by atoms with E-state index < -0.39 is 0 Å². The molecule has 0 radical (unpaired) electrons. The summed E-state index contributed by atoms with van der Waals surface area (Å²) in [7, 11) is 0. The lowest BCUT2D eigenvalue weighted by Gasteiger charge is -2.36. The minimum absolute atomic E-state index is 0.527. The summed E-state index contributed by atoms with van der Waals surface area (Å²) >= 11 is 0. The lowest BCUT2D eigenvalue weighted by atomic mass is 9.93. The van der Waals surface area contributed by atoms with Crippen molar-refractivity contribution in [1.82, 2.24) is 4.98 Å². The molecule has 0 bridgehead atoms. The molecule has 0 spiro atoms. The summed E-state index contributed by atoms with van der Waals surface area (Å²) in [6.07, 6.45) is 8.57. The van der Waals surface area contributed by atoms with Gasteiger partial charge < -0.3 is 10.6 Å². The summed E-state index contributed by atoms with van der Waals surface area (Å²) < 4.78 is 0. The van der Waals surface area contributed by atoms with Crippen molar-refractivity contribution in [3.63, 3.8) is 0 Å². The number of pyridine rings is 1. The highest BCUT2D eigenvalue weighted by Crippen LogP contribution is 2.28. The molecule has 1 aromatic heterocycles. The van der Waals surface area contributed by atoms with Crippen molar-refractivity contribution in [2.75, 3.05) is 11.4 Å². The monoisotopic (exact) mass is 233 g/mol. The van der Waals surface area contributed by atoms with E-state index in [1.165, 1.54) is 37.8 Å². The molecule has 1 aliphatic carbocycles. The van der Waals surface area contributed by atoms with Crippen LogP contribution in [0.5, 0.6) is 0 Å². The van der Waals surface area contributed by atoms with E-state index in [-0.39, 0.29) is 0 Å². The second kappa shape index (κ2) is 6.01. The molecule has 2 N–H and O–H groups in total. The summed E-state index contributed by atoms with van der Waals surface area (Å²) in [6.45, 7) is 3.80. The fraction of sp³-hybridized carbons (Fsp3) is 0.643. The molecule has 0 aromatic carbocycles. The fourth-order valence-corrected chi connectivity index (χ4v) is 2.87. The number of hydrogen-bond acceptors (Lipinski definition) is 3. The van der Waals surface area contributed by atoms with Crippen LogP contribution in [0.2, 0.25) is 0 Å². The van der Waals surface area contributed by atoms with Gasteiger partial charge in [0.2, 0.25) is 0 Å². The van der Waals surface area contributed by atoms with Gasteiger partial charge in [0.05, 0.1) is 11.4 Å². The van der Waals surface area contributed by atoms with Gasteiger partial charge in [0.15, 0.2) is 0 Å². The van der Waals surface area contributed by atoms with Crippen LogP contribution in [0.1, 0.15) is 44.7 Å². The largest absolute Gasteiger partial charge is 0.367 e. The Morgan fingerprint density at radius 3 is 2.76 bits per heavy atom. The Balaban J connectivity index is 2.21. The third kappa shape index (κ3) is 2.78. The summed E-state index contributed by atoms with van der Waals surface area (Å²) in [4.78, 5) is 6.89. The summed E-state index contributed by atoms with van der Waals surface area (Å²) in [5.74, 6) is 0. The molecule has 0 amide bonds. The predicted octanol–water partition coefficient (Wildman–Crippen LogP) is 2.70. The first-order valence-corrected chi connectivity index (χ1v) is 6.77. The highest BCUT2D eigenvalue weighted by molar-refractivity contribution is 5.51. The second-order valence-corrected chi connectivity index (χ2v) is 4.75. The van der Waals surface area contributed by atoms with Crippen LogP contribution in [0.25, 0.3) is 0 Å². The zero-order valence-electron chi connectivity index (χ0n) is 10.7. The van der Waals surface area contributed by atoms with Crippen LogP contribution in [-0.4, -0.2) is 17.6 Å². The van der Waals surface area contributed by atoms with Gasteiger partial charge in [-0.2, -0.15) is 0 Å². The molecule has 0 atom stereocenters. The molecule has 17 heavy (non-hydrogen) atoms. The molecule has 1 aliphatic rings. The first-order chi connectivity index (χ1) is 8.36. The SMILES string of the molecule is CCN(c1cccnc1CN)C1CCCCC1. The van der Waals surface area contributed by atoms with Crippen LogP contribution in [0.4, 0.5) is 5.69 Å². The average molecular weight is 233 g/mol. The van der Waals surface area contributed by atoms with Crippen molar-refractivity contribution in [2.45, 2.75) is 51.6 Å². The number of nitrogens with zero attached hydrogens (tertiary/aromatic N) is 2. The maximum atomic E-state index is 5.78. The van der Waals surface area contributed by atoms with Crippen molar-refractivity contribution in [3.05, 3.63) is 24.0 Å². The molecular weight excluding hydrogens is 210 g/mol. The third-order valence-corrected chi connectivity index (χ3v) is 3.73. The van der Waals surface area contributed by atoms with Crippen molar-refractivity contribution in [1.29, 1.82) is 0 Å². The van der Waals surface area contributed by atoms with Gasteiger partial charge >= 0.3 is 0 Å². The standard InChI is InChI=1S/C14H23N3/c1-2-17(12-7-4-3-5-8-12)14-9-6-10-16-13(14)11-15/h6,9-10,12H,2-5,7-8,11,15H2,1H3. The Morgan fingerprint density at radius 1 is 1.35 bits per heavy atom. The Bertz CT molecular complexity index is 345. The number of nitrogens with two attached hydrogens (primary N) is 1. The average Bonchev–Trinajstić information content (AvgIpc) is 2.41. The maximum absolute atomic E-state index is 5.78. The summed E-state index contributed by atoms with van der Waals surface area (Å²) in [5.41, 5.74) is 8.05. The van der Waals surface area contributed by atoms with E-state index in [0.717, 1.165) is 12.2 Å². The van der Waals surface area contributed by atoms with E-state index in [2.05, 4.69) is 22.9 Å². The lowest BCUT2D eigenvalue weighted by molar-refractivity contribution is 0.417. The summed E-state index contributed by atoms with van der Waals surface area (Å²) in [5, 5.41) is 0. The highest BCUT2D eigenvalue weighted by atomic mass is 15.2. The van der Waals surface area contributed by atoms with Gasteiger partial charge in [-0.25, -0.2) is 0 Å². The number of rotatable bonds is 4. The molecule has 3 nitrogen and oxygen atoms in total. The molecule has 1 fully saturated rings. The van der Waals surface area contributed by atoms with Crippen LogP contribution < -0.4 is 10.6 Å². The molecule has 3 heteroatoms. The Hall–Kier alpha value is -1.09. The summed E-state index contributed by atoms with van der Waals surface area (Å²) in [6, 6.07) is 4.86. The topological polar surface area (TPSA) is 42.2 Å². The second-order valence-electron chi connectivity index (χ2n) is 4.75. The zero-order valence-corrected chi connectivity index (χ0v) is 10.7. The van der Waals surface area contributed by atoms with Gasteiger partial charge in [0, 0.05) is 25.3 Å². The van der Waals surface area contributed by atoms with Gasteiger partial charge in [-0.05, 0) is 31.9 Å². The Morgan fingerprint density at radius 2 is 2.12 bits per heavy atom. The molecule has 0 saturated heterocycles. The van der Waals surface area contributed by atoms with Crippen LogP contribution in [-0.2, 0) is 6.54 Å². The molecule has 94 valence electrons. The molecule has 1 saturated carbocycles. The molecule has 0 unspecified atom stereocenters. The maximum Gasteiger partial charge on any atom is 0.0772 e. The van der Waals surface area contributed by atoms with Gasteiger partial charge in [-0.15, -0.1) is 0 Å². The first-order valence-electron chi connectivity index (χ1n) is 6.77. The zero-order chi connectivity index (χ0) is 12.1. The van der Waals surface area contributed by atoms with Crippen molar-refractivity contribution >= 4 is 5.69 Å². The van der Waals surface area contributed by atoms with Crippen LogP contribution in [0.3, 0.4) is 0 Å². The Labute approximate surface area is 104 Å². The van der Waals surface area contributed by atoms with Crippen LogP contribution >= 0.6 is 0 Å². The van der Waals surface area contributed by atoms with Gasteiger partial charge in [-0.3, -0.25) is 4.98 Å². The number of aromatic nitrogens is 1. The van der Waals surface area contributed by atoms with Gasteiger partial charge in [0.25, 0.3) is 0 Å². The quantitative estimate of drug-likeness (QED) is 0.869. The van der Waals surface area contributed by atoms with Crippen molar-refractivity contribution < 1.29 is 0 Å². The van der Waals surface area contributed by atoms with Crippen LogP contribution in [0.15, 0.2) is 18.3 Å². The minimum atomic E-state index is 0.527. The van der Waals surface area contributed by atoms with E-state index in [0.29, 0.717) is 12.6 Å². The molecule has 1 heterocycles. The van der Waals surface area contributed by atoms with E-state index in [1.807, 2.05) is 12.3 Å². The Kier molecular flexibility index (Phi) is 4.37. The van der Waals surface area contributed by atoms with E-state index >= 15 is 0 Å². The normalized spacial score (nSPS) is 17.1. The number of anilines is 1. The molecule has 0 aliphatic heterocycles. The van der Waals surface area contributed by atoms with Gasteiger partial charge in [-0.1, -0.05) is 19.3 Å². The predicted molar refractivity (Wildman–Crippen MR) is 72.0 cm³/mol. The third-order valence-electron chi connectivity index (χ3n) is 3.73. The van der Waals surface area contributed by atoms with Crippen molar-refractivity contribution in [2.24, 2.45) is 5.73 Å². The van der Waals surface area contributed by atoms with E-state index in [1.54, 1.807) is 0 Å². The smallest absolute Gasteiger partial charge is 0.0772 e. The molecule has 1 aromatic rings. The first kappa shape index (κ1) is 12.4. The van der Waals surface area contributed by atoms with Crippen LogP contribution in [0, 0.1) is 0 Å². The molecular formula is C14H23N3. The van der Waals surface area contributed by atoms with E-state index in [9.17, 15) is 0 Å². The van der Waals surface area contributed by atoms with E-state index in [4.69, 9.17) is 5.73 Å².